The van der Waals surface area contributed by atoms with Gasteiger partial charge in [-0.25, -0.2) is 9.87 Å². The van der Waals surface area contributed by atoms with Crippen LogP contribution in [0.15, 0.2) is 12.1 Å². The largest absolute Gasteiger partial charge is 0.343 e. The van der Waals surface area contributed by atoms with Crippen LogP contribution in [0, 0.1) is 11.2 Å². The van der Waals surface area contributed by atoms with Crippen molar-refractivity contribution in [2.45, 2.75) is 58.0 Å². The Bertz CT molecular complexity index is 789. The van der Waals surface area contributed by atoms with E-state index in [9.17, 15) is 14.0 Å². The number of hydroxylamine groups is 1. The van der Waals surface area contributed by atoms with Crippen LogP contribution in [0.1, 0.15) is 60.5 Å². The number of carbonyl (C=O) groups is 2. The Morgan fingerprint density at radius 1 is 1.21 bits per heavy atom. The van der Waals surface area contributed by atoms with Crippen molar-refractivity contribution in [3.05, 3.63) is 34.6 Å². The third-order valence-corrected chi connectivity index (χ3v) is 7.14. The van der Waals surface area contributed by atoms with Crippen molar-refractivity contribution in [2.24, 2.45) is 5.41 Å². The van der Waals surface area contributed by atoms with Gasteiger partial charge in [0.15, 0.2) is 0 Å². The molecule has 4 rings (SSSR count). The van der Waals surface area contributed by atoms with Gasteiger partial charge in [-0.15, -0.1) is 0 Å². The number of nitrogens with zero attached hydrogens (tertiary/aromatic N) is 2. The number of likely N-dealkylation sites (tertiary alicyclic amines) is 1. The lowest BCUT2D eigenvalue weighted by molar-refractivity contribution is -0.131. The van der Waals surface area contributed by atoms with E-state index in [1.165, 1.54) is 12.5 Å². The van der Waals surface area contributed by atoms with Crippen LogP contribution in [0.5, 0.6) is 0 Å². The number of nitrogens with one attached hydrogen (secondary N) is 1. The van der Waals surface area contributed by atoms with Crippen LogP contribution < -0.4 is 5.48 Å². The number of carbonyl (C=O) groups excluding carboxylic acids is 2. The Labute approximate surface area is 164 Å². The van der Waals surface area contributed by atoms with Crippen molar-refractivity contribution in [3.63, 3.8) is 0 Å². The molecule has 1 saturated carbocycles. The molecule has 1 spiro atoms. The van der Waals surface area contributed by atoms with Crippen molar-refractivity contribution in [2.75, 3.05) is 19.6 Å². The first-order valence-corrected chi connectivity index (χ1v) is 10.2. The van der Waals surface area contributed by atoms with Gasteiger partial charge in [-0.1, -0.05) is 0 Å². The first-order chi connectivity index (χ1) is 13.4. The van der Waals surface area contributed by atoms with Crippen LogP contribution in [-0.4, -0.2) is 52.5 Å². The topological polar surface area (TPSA) is 72.9 Å². The minimum absolute atomic E-state index is 0.157. The molecular weight excluding hydrogens is 361 g/mol. The first kappa shape index (κ1) is 19.3. The number of halogens is 1. The van der Waals surface area contributed by atoms with Gasteiger partial charge in [0.1, 0.15) is 5.82 Å². The molecule has 6 nitrogen and oxygen atoms in total. The lowest BCUT2D eigenvalue weighted by atomic mass is 9.76. The molecule has 3 aliphatic rings. The van der Waals surface area contributed by atoms with E-state index in [1.54, 1.807) is 18.5 Å². The number of amides is 2. The van der Waals surface area contributed by atoms with Crippen LogP contribution >= 0.6 is 0 Å². The predicted molar refractivity (Wildman–Crippen MR) is 101 cm³/mol. The third kappa shape index (κ3) is 3.53. The van der Waals surface area contributed by atoms with Gasteiger partial charge in [0.2, 0.25) is 5.91 Å². The second-order valence-electron chi connectivity index (χ2n) is 8.66. The predicted octanol–water partition coefficient (Wildman–Crippen LogP) is 2.48. The Kier molecular flexibility index (Phi) is 5.14. The number of hydrogen-bond donors (Lipinski definition) is 2. The highest BCUT2D eigenvalue weighted by Crippen LogP contribution is 2.48. The molecule has 1 aliphatic carbocycles. The van der Waals surface area contributed by atoms with Crippen molar-refractivity contribution >= 4 is 11.8 Å². The highest BCUT2D eigenvalue weighted by Gasteiger charge is 2.43. The zero-order valence-electron chi connectivity index (χ0n) is 16.3. The number of hydrogen-bond acceptors (Lipinski definition) is 4. The lowest BCUT2D eigenvalue weighted by Crippen LogP contribution is -2.43. The van der Waals surface area contributed by atoms with Gasteiger partial charge >= 0.3 is 0 Å². The summed E-state index contributed by atoms with van der Waals surface area (Å²) in [6.07, 6.45) is 6.29. The molecule has 0 aromatic heterocycles. The molecule has 0 radical (unpaired) electrons. The van der Waals surface area contributed by atoms with Crippen LogP contribution in [0.25, 0.3) is 0 Å². The van der Waals surface area contributed by atoms with Gasteiger partial charge in [-0.05, 0) is 61.6 Å². The molecule has 2 heterocycles. The lowest BCUT2D eigenvalue weighted by Gasteiger charge is -2.40. The van der Waals surface area contributed by atoms with E-state index >= 15 is 0 Å². The second-order valence-corrected chi connectivity index (χ2v) is 8.66. The molecule has 1 aromatic rings. The first-order valence-electron chi connectivity index (χ1n) is 10.2. The molecular formula is C21H28FN3O3. The molecule has 2 amide bonds. The molecule has 2 N–H and O–H groups in total. The zero-order valence-corrected chi connectivity index (χ0v) is 16.3. The van der Waals surface area contributed by atoms with Crippen LogP contribution in [-0.2, 0) is 17.8 Å². The molecule has 7 heteroatoms. The fourth-order valence-electron chi connectivity index (χ4n) is 5.39. The summed E-state index contributed by atoms with van der Waals surface area (Å²) in [5.74, 6) is -0.885. The SMILES string of the molecule is CC(=O)N1CCC2(CCC(N3CCc4cc(C(=O)NO)cc(F)c4C3)C2)CC1. The molecule has 1 saturated heterocycles. The summed E-state index contributed by atoms with van der Waals surface area (Å²) >= 11 is 0. The molecule has 1 aromatic carbocycles. The Hall–Kier alpha value is -1.99. The van der Waals surface area contributed by atoms with Crippen LogP contribution in [0.2, 0.25) is 0 Å². The van der Waals surface area contributed by atoms with E-state index < -0.39 is 5.91 Å². The van der Waals surface area contributed by atoms with Gasteiger partial charge in [0.25, 0.3) is 5.91 Å². The maximum absolute atomic E-state index is 14.6. The smallest absolute Gasteiger partial charge is 0.274 e. The number of benzene rings is 1. The molecule has 28 heavy (non-hydrogen) atoms. The Morgan fingerprint density at radius 2 is 1.96 bits per heavy atom. The van der Waals surface area contributed by atoms with Gasteiger partial charge in [-0.3, -0.25) is 19.7 Å². The minimum atomic E-state index is -0.682. The highest BCUT2D eigenvalue weighted by atomic mass is 19.1. The second kappa shape index (κ2) is 7.44. The minimum Gasteiger partial charge on any atom is -0.343 e. The number of piperidine rings is 1. The fourth-order valence-corrected chi connectivity index (χ4v) is 5.39. The van der Waals surface area contributed by atoms with Gasteiger partial charge < -0.3 is 4.90 Å². The Morgan fingerprint density at radius 3 is 2.64 bits per heavy atom. The molecule has 152 valence electrons. The number of rotatable bonds is 2. The third-order valence-electron chi connectivity index (χ3n) is 7.14. The molecule has 0 bridgehead atoms. The zero-order chi connectivity index (χ0) is 19.9. The summed E-state index contributed by atoms with van der Waals surface area (Å²) in [7, 11) is 0. The summed E-state index contributed by atoms with van der Waals surface area (Å²) in [5, 5.41) is 8.78. The Balaban J connectivity index is 1.43. The summed E-state index contributed by atoms with van der Waals surface area (Å²) in [5.41, 5.74) is 3.59. The summed E-state index contributed by atoms with van der Waals surface area (Å²) < 4.78 is 14.6. The van der Waals surface area contributed by atoms with Gasteiger partial charge in [0.05, 0.1) is 0 Å². The molecule has 2 aliphatic heterocycles. The summed E-state index contributed by atoms with van der Waals surface area (Å²) in [6, 6.07) is 3.35. The van der Waals surface area contributed by atoms with Crippen molar-refractivity contribution < 1.29 is 19.2 Å². The molecule has 1 unspecified atom stereocenters. The summed E-state index contributed by atoms with van der Waals surface area (Å²) in [6.45, 7) is 4.79. The van der Waals surface area contributed by atoms with Crippen molar-refractivity contribution in [1.29, 1.82) is 0 Å². The van der Waals surface area contributed by atoms with E-state index in [0.717, 1.165) is 50.9 Å². The molecule has 2 fully saturated rings. The average Bonchev–Trinajstić information content (AvgIpc) is 3.11. The van der Waals surface area contributed by atoms with E-state index in [4.69, 9.17) is 5.21 Å². The van der Waals surface area contributed by atoms with Crippen LogP contribution in [0.4, 0.5) is 4.39 Å². The van der Waals surface area contributed by atoms with E-state index in [1.807, 2.05) is 4.90 Å². The van der Waals surface area contributed by atoms with Gasteiger partial charge in [0, 0.05) is 50.3 Å². The number of fused-ring (bicyclic) bond motifs is 1. The molecule has 1 atom stereocenters. The average molecular weight is 389 g/mol. The van der Waals surface area contributed by atoms with Gasteiger partial charge in [-0.2, -0.15) is 0 Å². The highest BCUT2D eigenvalue weighted by molar-refractivity contribution is 5.93. The normalized spacial score (nSPS) is 24.2. The standard InChI is InChI=1S/C21H28FN3O3/c1-14(26)24-8-5-21(6-9-24)4-2-17(12-21)25-7-3-15-10-16(20(27)23-28)11-19(22)18(15)13-25/h10-11,17,28H,2-9,12-13H2,1H3,(H,23,27). The van der Waals surface area contributed by atoms with E-state index in [2.05, 4.69) is 4.90 Å². The van der Waals surface area contributed by atoms with E-state index in [0.29, 0.717) is 30.0 Å². The quantitative estimate of drug-likeness (QED) is 0.602. The summed E-state index contributed by atoms with van der Waals surface area (Å²) in [4.78, 5) is 27.5. The fraction of sp³-hybridized carbons (Fsp3) is 0.619. The monoisotopic (exact) mass is 389 g/mol. The maximum Gasteiger partial charge on any atom is 0.274 e. The van der Waals surface area contributed by atoms with Crippen LogP contribution in [0.3, 0.4) is 0 Å². The maximum atomic E-state index is 14.6. The van der Waals surface area contributed by atoms with Crippen molar-refractivity contribution in [3.8, 4) is 0 Å². The van der Waals surface area contributed by atoms with E-state index in [-0.39, 0.29) is 17.3 Å². The van der Waals surface area contributed by atoms with Crippen molar-refractivity contribution in [1.82, 2.24) is 15.3 Å².